The third kappa shape index (κ3) is 5.87. The number of ether oxygens (including phenoxy) is 2. The van der Waals surface area contributed by atoms with Crippen LogP contribution in [0.1, 0.15) is 62.9 Å². The summed E-state index contributed by atoms with van der Waals surface area (Å²) in [5.74, 6) is -1.55. The number of imide groups is 1. The number of hydrogen-bond acceptors (Lipinski definition) is 7. The molecule has 8 heteroatoms. The highest BCUT2D eigenvalue weighted by Gasteiger charge is 2.53. The number of nitrogens with zero attached hydrogens (tertiary/aromatic N) is 1. The molecule has 1 fully saturated rings. The van der Waals surface area contributed by atoms with Crippen LogP contribution in [0, 0.1) is 18.8 Å². The van der Waals surface area contributed by atoms with Gasteiger partial charge in [0.25, 0.3) is 0 Å². The Morgan fingerprint density at radius 2 is 1.89 bits per heavy atom. The van der Waals surface area contributed by atoms with Crippen molar-refractivity contribution in [3.8, 4) is 11.1 Å². The third-order valence-corrected chi connectivity index (χ3v) is 6.48. The molecular formula is C28H37NO7. The van der Waals surface area contributed by atoms with E-state index in [2.05, 4.69) is 0 Å². The average molecular weight is 500 g/mol. The van der Waals surface area contributed by atoms with Crippen LogP contribution in [0.25, 0.3) is 11.1 Å². The molecule has 1 saturated heterocycles. The Kier molecular flexibility index (Phi) is 8.74. The summed E-state index contributed by atoms with van der Waals surface area (Å²) < 4.78 is 16.8. The van der Waals surface area contributed by atoms with Crippen molar-refractivity contribution < 1.29 is 33.4 Å². The zero-order chi connectivity index (χ0) is 26.6. The van der Waals surface area contributed by atoms with Crippen molar-refractivity contribution in [1.29, 1.82) is 0 Å². The quantitative estimate of drug-likeness (QED) is 0.269. The number of carbonyl (C=O) groups excluding carboxylic acids is 3. The second-order valence-electron chi connectivity index (χ2n) is 10.2. The van der Waals surface area contributed by atoms with Crippen LogP contribution in [0.5, 0.6) is 0 Å². The van der Waals surface area contributed by atoms with Crippen LogP contribution in [0.4, 0.5) is 4.79 Å². The van der Waals surface area contributed by atoms with Gasteiger partial charge >= 0.3 is 6.09 Å². The van der Waals surface area contributed by atoms with Crippen LogP contribution < -0.4 is 0 Å². The maximum absolute atomic E-state index is 13.4. The molecule has 2 unspecified atom stereocenters. The molecule has 1 aliphatic rings. The lowest BCUT2D eigenvalue weighted by molar-refractivity contribution is -0.132. The van der Waals surface area contributed by atoms with Gasteiger partial charge in [0.2, 0.25) is 11.7 Å². The molecule has 1 N–H and O–H groups in total. The first-order chi connectivity index (χ1) is 17.0. The Morgan fingerprint density at radius 1 is 1.17 bits per heavy atom. The van der Waals surface area contributed by atoms with E-state index < -0.39 is 35.3 Å². The molecule has 196 valence electrons. The lowest BCUT2D eigenvalue weighted by Gasteiger charge is -2.31. The van der Waals surface area contributed by atoms with E-state index in [1.165, 1.54) is 6.92 Å². The first-order valence-electron chi connectivity index (χ1n) is 12.5. The number of aliphatic hydroxyl groups is 1. The summed E-state index contributed by atoms with van der Waals surface area (Å²) in [5.41, 5.74) is 1.91. The molecule has 36 heavy (non-hydrogen) atoms. The molecular weight excluding hydrogens is 462 g/mol. The zero-order valence-corrected chi connectivity index (χ0v) is 22.0. The van der Waals surface area contributed by atoms with Crippen LogP contribution in [-0.2, 0) is 20.7 Å². The molecule has 8 nitrogen and oxygen atoms in total. The number of cyclic esters (lactones) is 1. The van der Waals surface area contributed by atoms with Gasteiger partial charge < -0.3 is 19.0 Å². The summed E-state index contributed by atoms with van der Waals surface area (Å²) in [6, 6.07) is 9.07. The maximum Gasteiger partial charge on any atom is 0.417 e. The summed E-state index contributed by atoms with van der Waals surface area (Å²) >= 11 is 0. The van der Waals surface area contributed by atoms with Crippen molar-refractivity contribution in [2.45, 2.75) is 66.0 Å². The van der Waals surface area contributed by atoms with Gasteiger partial charge in [-0.2, -0.15) is 0 Å². The molecule has 0 radical (unpaired) electrons. The number of benzene rings is 1. The lowest BCUT2D eigenvalue weighted by Crippen LogP contribution is -2.50. The monoisotopic (exact) mass is 499 g/mol. The van der Waals surface area contributed by atoms with Crippen LogP contribution in [0.3, 0.4) is 0 Å². The second-order valence-corrected chi connectivity index (χ2v) is 10.2. The number of Topliss-reactive ketones (excluding diaryl/α,β-unsaturated/α-hetero) is 1. The van der Waals surface area contributed by atoms with E-state index in [1.807, 2.05) is 45.0 Å². The molecule has 1 aliphatic heterocycles. The van der Waals surface area contributed by atoms with Gasteiger partial charge in [0.15, 0.2) is 5.76 Å². The Labute approximate surface area is 212 Å². The van der Waals surface area contributed by atoms with Crippen LogP contribution in [0.15, 0.2) is 34.7 Å². The second kappa shape index (κ2) is 11.4. The van der Waals surface area contributed by atoms with Gasteiger partial charge in [-0.05, 0) is 51.7 Å². The molecule has 2 atom stereocenters. The van der Waals surface area contributed by atoms with Gasteiger partial charge in [0.05, 0.1) is 19.3 Å². The van der Waals surface area contributed by atoms with Gasteiger partial charge in [-0.1, -0.05) is 43.7 Å². The number of rotatable bonds is 11. The van der Waals surface area contributed by atoms with E-state index in [0.29, 0.717) is 25.2 Å². The van der Waals surface area contributed by atoms with E-state index >= 15 is 0 Å². The van der Waals surface area contributed by atoms with Crippen molar-refractivity contribution in [3.63, 3.8) is 0 Å². The van der Waals surface area contributed by atoms with Gasteiger partial charge in [0.1, 0.15) is 17.3 Å². The number of aryl methyl sites for hydroxylation is 2. The zero-order valence-electron chi connectivity index (χ0n) is 22.0. The normalized spacial score (nSPS) is 17.9. The molecule has 1 aromatic heterocycles. The van der Waals surface area contributed by atoms with E-state index in [1.54, 1.807) is 19.9 Å². The Balaban J connectivity index is 1.87. The smallest absolute Gasteiger partial charge is 0.417 e. The molecule has 2 aromatic rings. The lowest BCUT2D eigenvalue weighted by atomic mass is 9.88. The van der Waals surface area contributed by atoms with Gasteiger partial charge in [0, 0.05) is 18.6 Å². The van der Waals surface area contributed by atoms with Crippen molar-refractivity contribution in [3.05, 3.63) is 47.4 Å². The predicted molar refractivity (Wildman–Crippen MR) is 135 cm³/mol. The highest BCUT2D eigenvalue weighted by molar-refractivity contribution is 6.12. The van der Waals surface area contributed by atoms with Gasteiger partial charge in [-0.25, -0.2) is 9.69 Å². The first-order valence-corrected chi connectivity index (χ1v) is 12.5. The highest BCUT2D eigenvalue weighted by Crippen LogP contribution is 2.36. The number of furan rings is 1. The number of ketones is 1. The minimum Gasteiger partial charge on any atom is -0.457 e. The number of hydrogen-bond donors (Lipinski definition) is 1. The van der Waals surface area contributed by atoms with Crippen molar-refractivity contribution >= 4 is 17.8 Å². The average Bonchev–Trinajstić information content (AvgIpc) is 3.34. The molecule has 0 bridgehead atoms. The summed E-state index contributed by atoms with van der Waals surface area (Å²) in [7, 11) is 0. The summed E-state index contributed by atoms with van der Waals surface area (Å²) in [6.07, 6.45) is 0.429. The van der Waals surface area contributed by atoms with Crippen LogP contribution in [-0.4, -0.2) is 59.3 Å². The van der Waals surface area contributed by atoms with Gasteiger partial charge in [-0.3, -0.25) is 9.59 Å². The minimum absolute atomic E-state index is 0.0424. The topological polar surface area (TPSA) is 106 Å². The van der Waals surface area contributed by atoms with E-state index in [0.717, 1.165) is 21.6 Å². The number of aliphatic hydroxyl groups excluding tert-OH is 1. The fraction of sp³-hybridized carbons (Fsp3) is 0.536. The third-order valence-electron chi connectivity index (χ3n) is 6.48. The Hall–Kier alpha value is -2.97. The van der Waals surface area contributed by atoms with Crippen LogP contribution in [0.2, 0.25) is 0 Å². The largest absolute Gasteiger partial charge is 0.457 e. The number of carbonyl (C=O) groups is 3. The Bertz CT molecular complexity index is 1100. The molecule has 0 aliphatic carbocycles. The van der Waals surface area contributed by atoms with Gasteiger partial charge in [-0.15, -0.1) is 0 Å². The molecule has 0 saturated carbocycles. The summed E-state index contributed by atoms with van der Waals surface area (Å²) in [5, 5.41) is 8.89. The van der Waals surface area contributed by atoms with Crippen molar-refractivity contribution in [2.75, 3.05) is 19.8 Å². The van der Waals surface area contributed by atoms with E-state index in [4.69, 9.17) is 19.0 Å². The minimum atomic E-state index is -1.12. The van der Waals surface area contributed by atoms with Crippen LogP contribution >= 0.6 is 0 Å². The first kappa shape index (κ1) is 27.6. The standard InChI is InChI=1S/C28H37NO7/c1-17(2)25-28(5,6)36-27(33)29(25)26(32)19(4)24(31)23-16-21(20-10-7-9-18(3)15-20)22(35-23)11-8-13-34-14-12-30/h7,9-10,15-17,19,25,30H,8,11-14H2,1-6H3. The van der Waals surface area contributed by atoms with E-state index in [9.17, 15) is 14.4 Å². The fourth-order valence-electron chi connectivity index (χ4n) is 4.92. The van der Waals surface area contributed by atoms with Crippen molar-refractivity contribution in [1.82, 2.24) is 4.90 Å². The number of amides is 2. The molecule has 2 amide bonds. The molecule has 1 aromatic carbocycles. The summed E-state index contributed by atoms with van der Waals surface area (Å²) in [6.45, 7) is 11.5. The fourth-order valence-corrected chi connectivity index (χ4v) is 4.92. The Morgan fingerprint density at radius 3 is 2.53 bits per heavy atom. The highest BCUT2D eigenvalue weighted by atomic mass is 16.6. The predicted octanol–water partition coefficient (Wildman–Crippen LogP) is 4.80. The molecule has 3 rings (SSSR count). The van der Waals surface area contributed by atoms with E-state index in [-0.39, 0.29) is 24.9 Å². The molecule has 0 spiro atoms. The van der Waals surface area contributed by atoms with Crippen molar-refractivity contribution in [2.24, 2.45) is 11.8 Å². The summed E-state index contributed by atoms with van der Waals surface area (Å²) in [4.78, 5) is 40.5. The SMILES string of the molecule is Cc1cccc(-c2cc(C(=O)C(C)C(=O)N3C(=O)OC(C)(C)C3C(C)C)oc2CCCOCCO)c1. The maximum atomic E-state index is 13.4. The molecule has 2 heterocycles.